The largest absolute Gasteiger partial charge is 0.294 e. The van der Waals surface area contributed by atoms with Crippen molar-refractivity contribution in [1.29, 1.82) is 0 Å². The molecule has 0 aliphatic heterocycles. The lowest BCUT2D eigenvalue weighted by Gasteiger charge is -1.66. The van der Waals surface area contributed by atoms with Crippen LogP contribution >= 0.6 is 8.20 Å². The maximum Gasteiger partial charge on any atom is 0.243 e. The summed E-state index contributed by atoms with van der Waals surface area (Å²) < 4.78 is 0. The van der Waals surface area contributed by atoms with E-state index in [0.717, 1.165) is 0 Å². The summed E-state index contributed by atoms with van der Waals surface area (Å²) in [5.41, 5.74) is -0.387. The van der Waals surface area contributed by atoms with Gasteiger partial charge in [-0.1, -0.05) is 5.80 Å². The van der Waals surface area contributed by atoms with E-state index < -0.39 is 0 Å². The van der Waals surface area contributed by atoms with Gasteiger partial charge in [0.2, 0.25) is 5.52 Å². The van der Waals surface area contributed by atoms with Crippen molar-refractivity contribution in [2.45, 2.75) is 6.92 Å². The van der Waals surface area contributed by atoms with Crippen molar-refractivity contribution >= 4 is 25.8 Å². The minimum atomic E-state index is -0.387. The second-order valence-corrected chi connectivity index (χ2v) is 2.06. The van der Waals surface area contributed by atoms with Crippen LogP contribution in [0.4, 0.5) is 0 Å². The average Bonchev–Trinajstić information content (AvgIpc) is 1.68. The molecule has 0 radical (unpaired) electrons. The molecule has 0 rings (SSSR count). The lowest BCUT2D eigenvalue weighted by molar-refractivity contribution is -0.124. The zero-order valence-electron chi connectivity index (χ0n) is 3.92. The van der Waals surface area contributed by atoms with Crippen LogP contribution in [0.2, 0.25) is 0 Å². The van der Waals surface area contributed by atoms with Crippen molar-refractivity contribution in [3.8, 4) is 0 Å². The molecule has 0 fully saturated rings. The monoisotopic (exact) mass is 116 g/mol. The maximum atomic E-state index is 10.0. The molecule has 0 saturated heterocycles. The van der Waals surface area contributed by atoms with Gasteiger partial charge >= 0.3 is 0 Å². The van der Waals surface area contributed by atoms with Crippen LogP contribution in [0.1, 0.15) is 6.92 Å². The van der Waals surface area contributed by atoms with Gasteiger partial charge in [0.15, 0.2) is 6.29 Å². The number of hydrogen-bond donors (Lipinski definition) is 0. The molecule has 0 heterocycles. The Morgan fingerprint density at radius 1 is 1.71 bits per heavy atom. The Labute approximate surface area is 43.3 Å². The molecule has 0 aromatic heterocycles. The Balaban J connectivity index is 3.58. The zero-order chi connectivity index (χ0) is 5.70. The predicted octanol–water partition coefficient (Wildman–Crippen LogP) is 0.480. The number of hydrogen-bond acceptors (Lipinski definition) is 2. The number of carbonyl (C=O) groups excluding carboxylic acids is 2. The highest BCUT2D eigenvalue weighted by atomic mass is 31.1. The van der Waals surface area contributed by atoms with Crippen molar-refractivity contribution in [3.05, 3.63) is 0 Å². The molecular weight excluding hydrogens is 111 g/mol. The summed E-state index contributed by atoms with van der Waals surface area (Å²) in [6.45, 7) is 1.73. The predicted molar refractivity (Wildman–Crippen MR) is 29.7 cm³/mol. The van der Waals surface area contributed by atoms with E-state index in [-0.39, 0.29) is 5.52 Å². The Kier molecular flexibility index (Phi) is 3.43. The van der Waals surface area contributed by atoms with Crippen molar-refractivity contribution in [2.24, 2.45) is 0 Å². The van der Waals surface area contributed by atoms with Gasteiger partial charge in [0.25, 0.3) is 0 Å². The molecule has 0 bridgehead atoms. The van der Waals surface area contributed by atoms with Gasteiger partial charge in [0.05, 0.1) is 0 Å². The molecule has 0 atom stereocenters. The Morgan fingerprint density at radius 2 is 2.29 bits per heavy atom. The number of carbonyl (C=O) groups is 2. The third-order valence-electron chi connectivity index (χ3n) is 0.357. The lowest BCUT2D eigenvalue weighted by atomic mass is 10.9. The molecule has 7 heavy (non-hydrogen) atoms. The summed E-state index contributed by atoms with van der Waals surface area (Å²) in [5.74, 6) is 1.62. The quantitative estimate of drug-likeness (QED) is 0.298. The van der Waals surface area contributed by atoms with Crippen molar-refractivity contribution in [1.82, 2.24) is 0 Å². The average molecular weight is 116 g/mol. The summed E-state index contributed by atoms with van der Waals surface area (Å²) >= 11 is 0. The molecule has 0 aromatic rings. The third-order valence-corrected chi connectivity index (χ3v) is 0.975. The van der Waals surface area contributed by atoms with Gasteiger partial charge in [-0.3, -0.25) is 9.59 Å². The lowest BCUT2D eigenvalue weighted by Crippen LogP contribution is -1.83. The van der Waals surface area contributed by atoms with Crippen LogP contribution in [0.25, 0.3) is 0 Å². The minimum Gasteiger partial charge on any atom is -0.294 e. The Hall–Kier alpha value is -0.490. The highest BCUT2D eigenvalue weighted by Crippen LogP contribution is 1.89. The topological polar surface area (TPSA) is 34.1 Å². The van der Waals surface area contributed by atoms with Gasteiger partial charge in [0.1, 0.15) is 0 Å². The Morgan fingerprint density at radius 3 is 2.43 bits per heavy atom. The van der Waals surface area contributed by atoms with Crippen molar-refractivity contribution < 1.29 is 9.59 Å². The van der Waals surface area contributed by atoms with Crippen LogP contribution in [0.3, 0.4) is 0 Å². The second kappa shape index (κ2) is 3.69. The summed E-state index contributed by atoms with van der Waals surface area (Å²) in [7, 11) is 0.478. The van der Waals surface area contributed by atoms with E-state index in [9.17, 15) is 9.59 Å². The van der Waals surface area contributed by atoms with Crippen LogP contribution in [0.15, 0.2) is 0 Å². The van der Waals surface area contributed by atoms with Crippen LogP contribution < -0.4 is 0 Å². The summed E-state index contributed by atoms with van der Waals surface area (Å²) in [5, 5.41) is 0. The fourth-order valence-electron chi connectivity index (χ4n) is 0.158. The molecule has 3 heteroatoms. The zero-order valence-corrected chi connectivity index (χ0v) is 4.81. The standard InChI is InChI=1S/C4H5O2P/c1-2-7-4(6)3-5/h2-3H,1H3. The van der Waals surface area contributed by atoms with E-state index in [2.05, 4.69) is 0 Å². The normalized spacial score (nSPS) is 9.29. The van der Waals surface area contributed by atoms with E-state index in [4.69, 9.17) is 0 Å². The van der Waals surface area contributed by atoms with Gasteiger partial charge < -0.3 is 0 Å². The number of rotatable bonds is 2. The van der Waals surface area contributed by atoms with Gasteiger partial charge in [-0.25, -0.2) is 0 Å². The van der Waals surface area contributed by atoms with E-state index in [1.165, 1.54) is 0 Å². The molecule has 0 aliphatic carbocycles. The van der Waals surface area contributed by atoms with Gasteiger partial charge in [-0.2, -0.15) is 0 Å². The molecule has 0 amide bonds. The van der Waals surface area contributed by atoms with E-state index >= 15 is 0 Å². The molecule has 0 saturated carbocycles. The van der Waals surface area contributed by atoms with Crippen molar-refractivity contribution in [3.63, 3.8) is 0 Å². The van der Waals surface area contributed by atoms with Crippen molar-refractivity contribution in [2.75, 3.05) is 0 Å². The molecular formula is C4H5O2P. The molecule has 0 aliphatic rings. The van der Waals surface area contributed by atoms with Gasteiger partial charge in [0, 0.05) is 0 Å². The number of aldehydes is 1. The van der Waals surface area contributed by atoms with Crippen LogP contribution in [0.5, 0.6) is 0 Å². The fourth-order valence-corrected chi connectivity index (χ4v) is 0.473. The first-order chi connectivity index (χ1) is 3.31. The van der Waals surface area contributed by atoms with Gasteiger partial charge in [-0.05, 0) is 15.1 Å². The first kappa shape index (κ1) is 6.51. The summed E-state index contributed by atoms with van der Waals surface area (Å²) in [6.07, 6.45) is 0.321. The van der Waals surface area contributed by atoms with E-state index in [1.54, 1.807) is 12.7 Å². The summed E-state index contributed by atoms with van der Waals surface area (Å²) in [4.78, 5) is 19.5. The Bertz CT molecular complexity index is 106. The third kappa shape index (κ3) is 3.34. The minimum absolute atomic E-state index is 0.321. The maximum absolute atomic E-state index is 10.0. The van der Waals surface area contributed by atoms with Crippen LogP contribution in [0, 0.1) is 0 Å². The first-order valence-electron chi connectivity index (χ1n) is 1.79. The molecule has 0 N–H and O–H groups in total. The summed E-state index contributed by atoms with van der Waals surface area (Å²) in [6, 6.07) is 0. The molecule has 2 nitrogen and oxygen atoms in total. The highest BCUT2D eigenvalue weighted by Gasteiger charge is 1.85. The molecule has 0 spiro atoms. The van der Waals surface area contributed by atoms with Gasteiger partial charge in [-0.15, -0.1) is 0 Å². The molecule has 0 aromatic carbocycles. The fraction of sp³-hybridized carbons (Fsp3) is 0.250. The molecule has 38 valence electrons. The SMILES string of the molecule is CC=PC(=O)C=O. The van der Waals surface area contributed by atoms with E-state index in [1.807, 2.05) is 0 Å². The highest BCUT2D eigenvalue weighted by molar-refractivity contribution is 7.60. The van der Waals surface area contributed by atoms with E-state index in [0.29, 0.717) is 14.5 Å². The second-order valence-electron chi connectivity index (χ2n) is 0.843. The van der Waals surface area contributed by atoms with Crippen LogP contribution in [-0.4, -0.2) is 17.6 Å². The smallest absolute Gasteiger partial charge is 0.243 e. The van der Waals surface area contributed by atoms with Crippen LogP contribution in [-0.2, 0) is 9.59 Å². The molecule has 0 unspecified atom stereocenters. The first-order valence-corrected chi connectivity index (χ1v) is 2.75.